The van der Waals surface area contributed by atoms with E-state index in [0.29, 0.717) is 5.82 Å². The van der Waals surface area contributed by atoms with Crippen LogP contribution in [-0.4, -0.2) is 20.2 Å². The fourth-order valence-electron chi connectivity index (χ4n) is 14.8. The first-order valence-corrected chi connectivity index (χ1v) is 29.3. The summed E-state index contributed by atoms with van der Waals surface area (Å²) in [6, 6.07) is 103. The van der Waals surface area contributed by atoms with E-state index in [0.717, 1.165) is 118 Å². The van der Waals surface area contributed by atoms with Gasteiger partial charge in [-0.2, -0.15) is 0 Å². The van der Waals surface area contributed by atoms with E-state index in [4.69, 9.17) is 29.6 Å². The van der Waals surface area contributed by atoms with Crippen molar-refractivity contribution >= 4 is 10.9 Å². The lowest BCUT2D eigenvalue weighted by Crippen LogP contribution is -2.32. The van der Waals surface area contributed by atoms with Crippen LogP contribution in [0.25, 0.3) is 101 Å². The Kier molecular flexibility index (Phi) is 10.4. The fourth-order valence-corrected chi connectivity index (χ4v) is 14.8. The zero-order chi connectivity index (χ0) is 56.5. The second-order valence-corrected chi connectivity index (χ2v) is 22.7. The maximum absolute atomic E-state index is 7.06. The van der Waals surface area contributed by atoms with Crippen LogP contribution in [-0.2, 0) is 10.8 Å². The third-order valence-electron chi connectivity index (χ3n) is 18.4. The molecule has 0 radical (unpaired) electrons. The van der Waals surface area contributed by atoms with E-state index in [9.17, 15) is 0 Å². The van der Waals surface area contributed by atoms with Crippen molar-refractivity contribution in [2.24, 2.45) is 0 Å². The predicted octanol–water partition coefficient (Wildman–Crippen LogP) is 19.4. The van der Waals surface area contributed by atoms with Crippen LogP contribution < -0.4 is 9.47 Å². The lowest BCUT2D eigenvalue weighted by atomic mass is 9.65. The first-order valence-electron chi connectivity index (χ1n) is 29.3. The highest BCUT2D eigenvalue weighted by molar-refractivity contribution is 5.96. The third-order valence-corrected chi connectivity index (χ3v) is 18.4. The first kappa shape index (κ1) is 48.2. The standard InChI is InChI=1S/C80H48N4O2/c1-2-27-58(71-46-47-72(84-83-71)60-29-18-37-68-76(60)85-73-40-15-12-35-66(73)79(68)62-31-8-3-23-54(62)55-24-4-9-32-63(55)79)53(22-1)52-21-17-20-51(48-52)49-42-44-50(45-43-49)75-59-28-7-14-39-70(59)81-78(82-75)61-30-19-38-69-77(61)86-74-41-16-13-36-67(74)80(69)64-33-10-5-25-56(64)57-26-6-11-34-65(57)80/h1-48H. The van der Waals surface area contributed by atoms with Gasteiger partial charge in [0.05, 0.1) is 39.0 Å². The van der Waals surface area contributed by atoms with Crippen LogP contribution >= 0.6 is 0 Å². The Morgan fingerprint density at radius 1 is 0.256 bits per heavy atom. The van der Waals surface area contributed by atoms with Gasteiger partial charge in [-0.05, 0) is 115 Å². The number of fused-ring (bicyclic) bond motifs is 19. The van der Waals surface area contributed by atoms with Gasteiger partial charge in [-0.15, -0.1) is 10.2 Å². The molecule has 2 aliphatic heterocycles. The molecule has 400 valence electrons. The molecule has 2 aromatic heterocycles. The summed E-state index contributed by atoms with van der Waals surface area (Å²) >= 11 is 0. The summed E-state index contributed by atoms with van der Waals surface area (Å²) in [5, 5.41) is 10.9. The van der Waals surface area contributed by atoms with Gasteiger partial charge in [0.15, 0.2) is 5.82 Å². The van der Waals surface area contributed by atoms with Gasteiger partial charge in [-0.1, -0.05) is 243 Å². The van der Waals surface area contributed by atoms with Gasteiger partial charge in [0, 0.05) is 44.3 Å². The van der Waals surface area contributed by atoms with E-state index < -0.39 is 10.8 Å². The Hall–Kier alpha value is -11.3. The van der Waals surface area contributed by atoms with Crippen LogP contribution in [0.15, 0.2) is 291 Å². The molecule has 6 nitrogen and oxygen atoms in total. The molecule has 2 aliphatic carbocycles. The fraction of sp³-hybridized carbons (Fsp3) is 0.0250. The first-order chi connectivity index (χ1) is 42.6. The summed E-state index contributed by atoms with van der Waals surface area (Å²) in [5.41, 5.74) is 24.5. The van der Waals surface area contributed by atoms with E-state index in [1.165, 1.54) is 44.5 Å². The van der Waals surface area contributed by atoms with Crippen LogP contribution in [0.4, 0.5) is 0 Å². The quantitative estimate of drug-likeness (QED) is 0.165. The molecule has 14 aromatic rings. The highest BCUT2D eigenvalue weighted by atomic mass is 16.5. The van der Waals surface area contributed by atoms with E-state index in [2.05, 4.69) is 285 Å². The van der Waals surface area contributed by atoms with Gasteiger partial charge in [0.2, 0.25) is 0 Å². The molecule has 0 fully saturated rings. The van der Waals surface area contributed by atoms with Gasteiger partial charge < -0.3 is 9.47 Å². The average Bonchev–Trinajstić information content (AvgIpc) is 1.48. The number of aromatic nitrogens is 4. The van der Waals surface area contributed by atoms with E-state index >= 15 is 0 Å². The Balaban J connectivity index is 0.681. The summed E-state index contributed by atoms with van der Waals surface area (Å²) in [6.07, 6.45) is 0. The van der Waals surface area contributed by atoms with Crippen LogP contribution in [0, 0.1) is 0 Å². The molecular formula is C80H48N4O2. The highest BCUT2D eigenvalue weighted by Gasteiger charge is 2.53. The molecular weight excluding hydrogens is 1050 g/mol. The molecule has 0 saturated heterocycles. The molecule has 4 heterocycles. The molecule has 0 atom stereocenters. The number of hydrogen-bond acceptors (Lipinski definition) is 6. The maximum Gasteiger partial charge on any atom is 0.164 e. The Labute approximate surface area is 497 Å². The van der Waals surface area contributed by atoms with Crippen molar-refractivity contribution in [3.63, 3.8) is 0 Å². The number of hydrogen-bond donors (Lipinski definition) is 0. The molecule has 0 unspecified atom stereocenters. The molecule has 0 amide bonds. The van der Waals surface area contributed by atoms with E-state index in [1.807, 2.05) is 6.07 Å². The van der Waals surface area contributed by atoms with E-state index in [1.54, 1.807) is 0 Å². The number of nitrogens with zero attached hydrogens (tertiary/aromatic N) is 4. The minimum atomic E-state index is -0.598. The monoisotopic (exact) mass is 1100 g/mol. The summed E-state index contributed by atoms with van der Waals surface area (Å²) in [4.78, 5) is 10.8. The zero-order valence-electron chi connectivity index (χ0n) is 46.3. The molecule has 4 aliphatic rings. The van der Waals surface area contributed by atoms with Crippen molar-refractivity contribution in [3.8, 4) is 113 Å². The number of ether oxygens (including phenoxy) is 2. The molecule has 0 N–H and O–H groups in total. The predicted molar refractivity (Wildman–Crippen MR) is 343 cm³/mol. The smallest absolute Gasteiger partial charge is 0.164 e. The number of benzene rings is 12. The van der Waals surface area contributed by atoms with Crippen LogP contribution in [0.3, 0.4) is 0 Å². The Bertz CT molecular complexity index is 5050. The number of para-hydroxylation sites is 5. The molecule has 86 heavy (non-hydrogen) atoms. The van der Waals surface area contributed by atoms with Crippen molar-refractivity contribution in [2.75, 3.05) is 0 Å². The molecule has 0 bridgehead atoms. The van der Waals surface area contributed by atoms with Crippen LogP contribution in [0.1, 0.15) is 44.5 Å². The summed E-state index contributed by atoms with van der Waals surface area (Å²) in [5.74, 6) is 3.83. The Morgan fingerprint density at radius 3 is 1.23 bits per heavy atom. The summed E-state index contributed by atoms with van der Waals surface area (Å²) < 4.78 is 14.0. The van der Waals surface area contributed by atoms with Gasteiger partial charge in [-0.3, -0.25) is 0 Å². The Morgan fingerprint density at radius 2 is 0.663 bits per heavy atom. The molecule has 0 saturated carbocycles. The van der Waals surface area contributed by atoms with Crippen molar-refractivity contribution in [2.45, 2.75) is 10.8 Å². The lowest BCUT2D eigenvalue weighted by molar-refractivity contribution is 0.437. The van der Waals surface area contributed by atoms with Gasteiger partial charge in [0.1, 0.15) is 23.0 Å². The normalized spacial score (nSPS) is 13.7. The molecule has 6 heteroatoms. The second-order valence-electron chi connectivity index (χ2n) is 22.7. The SMILES string of the molecule is c1cc(-c2ccc(-c3nc(-c4cccc5c4Oc4ccccc4C54c5ccccc5-c5ccccc54)nc4ccccc34)cc2)cc(-c2ccccc2-c2ccc(-c3cccc4c3Oc3ccccc3C43c4ccccc4-c4ccccc43)nn2)c1. The average molecular weight is 1100 g/mol. The minimum Gasteiger partial charge on any atom is -0.456 e. The van der Waals surface area contributed by atoms with Crippen LogP contribution in [0.5, 0.6) is 23.0 Å². The van der Waals surface area contributed by atoms with Crippen molar-refractivity contribution < 1.29 is 9.47 Å². The minimum absolute atomic E-state index is 0.567. The molecule has 12 aromatic carbocycles. The van der Waals surface area contributed by atoms with Crippen molar-refractivity contribution in [1.82, 2.24) is 20.2 Å². The summed E-state index contributed by atoms with van der Waals surface area (Å²) in [7, 11) is 0. The van der Waals surface area contributed by atoms with Gasteiger partial charge in [0.25, 0.3) is 0 Å². The van der Waals surface area contributed by atoms with Crippen molar-refractivity contribution in [1.29, 1.82) is 0 Å². The largest absolute Gasteiger partial charge is 0.456 e. The molecule has 18 rings (SSSR count). The van der Waals surface area contributed by atoms with Crippen molar-refractivity contribution in [3.05, 3.63) is 336 Å². The van der Waals surface area contributed by atoms with Gasteiger partial charge >= 0.3 is 0 Å². The third kappa shape index (κ3) is 6.78. The van der Waals surface area contributed by atoms with Crippen LogP contribution in [0.2, 0.25) is 0 Å². The van der Waals surface area contributed by atoms with E-state index in [-0.39, 0.29) is 0 Å². The lowest BCUT2D eigenvalue weighted by Gasteiger charge is -2.40. The second kappa shape index (κ2) is 18.6. The molecule has 2 spiro atoms. The van der Waals surface area contributed by atoms with Gasteiger partial charge in [-0.25, -0.2) is 9.97 Å². The summed E-state index contributed by atoms with van der Waals surface area (Å²) in [6.45, 7) is 0. The number of rotatable bonds is 6. The zero-order valence-corrected chi connectivity index (χ0v) is 46.3. The highest BCUT2D eigenvalue weighted by Crippen LogP contribution is 2.65. The maximum atomic E-state index is 7.06. The topological polar surface area (TPSA) is 70.0 Å².